The first-order valence-electron chi connectivity index (χ1n) is 10.3. The number of hydrazone groups is 1. The van der Waals surface area contributed by atoms with Gasteiger partial charge in [0.2, 0.25) is 5.91 Å². The van der Waals surface area contributed by atoms with Crippen LogP contribution in [-0.4, -0.2) is 22.3 Å². The minimum absolute atomic E-state index is 0.0753. The summed E-state index contributed by atoms with van der Waals surface area (Å²) in [5.74, 6) is -0.235. The molecule has 5 rings (SSSR count). The van der Waals surface area contributed by atoms with Gasteiger partial charge in [-0.2, -0.15) is 10.2 Å². The van der Waals surface area contributed by atoms with Crippen LogP contribution in [0, 0.1) is 5.92 Å². The molecule has 3 aromatic carbocycles. The molecule has 1 heterocycles. The van der Waals surface area contributed by atoms with Crippen molar-refractivity contribution in [2.75, 3.05) is 0 Å². The van der Waals surface area contributed by atoms with Crippen LogP contribution in [0.25, 0.3) is 11.3 Å². The normalized spacial score (nSPS) is 16.8. The Morgan fingerprint density at radius 1 is 0.935 bits per heavy atom. The van der Waals surface area contributed by atoms with Crippen molar-refractivity contribution in [3.8, 4) is 11.3 Å². The van der Waals surface area contributed by atoms with Crippen molar-refractivity contribution >= 4 is 12.1 Å². The van der Waals surface area contributed by atoms with E-state index in [4.69, 9.17) is 0 Å². The van der Waals surface area contributed by atoms with Crippen molar-refractivity contribution in [2.45, 2.75) is 11.8 Å². The van der Waals surface area contributed by atoms with Gasteiger partial charge in [-0.15, -0.1) is 0 Å². The average molecular weight is 406 g/mol. The zero-order valence-corrected chi connectivity index (χ0v) is 16.9. The number of H-pyrrole nitrogens is 1. The lowest BCUT2D eigenvalue weighted by Crippen LogP contribution is -2.25. The van der Waals surface area contributed by atoms with Crippen molar-refractivity contribution in [1.29, 1.82) is 0 Å². The van der Waals surface area contributed by atoms with Crippen LogP contribution in [-0.2, 0) is 10.2 Å². The maximum absolute atomic E-state index is 13.0. The molecule has 0 spiro atoms. The maximum Gasteiger partial charge on any atom is 0.244 e. The Labute approximate surface area is 180 Å². The molecule has 152 valence electrons. The highest BCUT2D eigenvalue weighted by molar-refractivity contribution is 5.90. The Hall–Kier alpha value is -3.99. The maximum atomic E-state index is 13.0. The fourth-order valence-corrected chi connectivity index (χ4v) is 4.33. The minimum atomic E-state index is -0.299. The number of aromatic nitrogens is 2. The third-order valence-electron chi connectivity index (χ3n) is 5.96. The third-order valence-corrected chi connectivity index (χ3v) is 5.96. The van der Waals surface area contributed by atoms with E-state index in [0.717, 1.165) is 34.4 Å². The second-order valence-corrected chi connectivity index (χ2v) is 7.76. The quantitative estimate of drug-likeness (QED) is 0.365. The zero-order valence-electron chi connectivity index (χ0n) is 16.9. The van der Waals surface area contributed by atoms with E-state index in [1.807, 2.05) is 66.7 Å². The number of nitrogens with one attached hydrogen (secondary N) is 2. The molecule has 31 heavy (non-hydrogen) atoms. The summed E-state index contributed by atoms with van der Waals surface area (Å²) in [6, 6.07) is 30.4. The summed E-state index contributed by atoms with van der Waals surface area (Å²) in [5.41, 5.74) is 7.47. The van der Waals surface area contributed by atoms with E-state index < -0.39 is 0 Å². The summed E-state index contributed by atoms with van der Waals surface area (Å²) >= 11 is 0. The molecule has 1 fully saturated rings. The molecule has 1 saturated carbocycles. The number of carbonyl (C=O) groups excluding carboxylic acids is 1. The topological polar surface area (TPSA) is 70.1 Å². The average Bonchev–Trinajstić information content (AvgIpc) is 3.44. The molecule has 0 radical (unpaired) electrons. The summed E-state index contributed by atoms with van der Waals surface area (Å²) in [7, 11) is 0. The highest BCUT2D eigenvalue weighted by atomic mass is 16.2. The minimum Gasteiger partial charge on any atom is -0.277 e. The summed E-state index contributed by atoms with van der Waals surface area (Å²) < 4.78 is 0. The van der Waals surface area contributed by atoms with E-state index in [9.17, 15) is 4.79 Å². The molecule has 0 aliphatic heterocycles. The van der Waals surface area contributed by atoms with Crippen LogP contribution < -0.4 is 5.43 Å². The second-order valence-electron chi connectivity index (χ2n) is 7.76. The number of amides is 1. The smallest absolute Gasteiger partial charge is 0.244 e. The Balaban J connectivity index is 1.35. The lowest BCUT2D eigenvalue weighted by Gasteiger charge is -2.18. The highest BCUT2D eigenvalue weighted by Crippen LogP contribution is 2.58. The number of rotatable bonds is 6. The number of hydrogen-bond donors (Lipinski definition) is 2. The van der Waals surface area contributed by atoms with E-state index >= 15 is 0 Å². The molecule has 1 aliphatic carbocycles. The molecule has 1 unspecified atom stereocenters. The molecular weight excluding hydrogens is 384 g/mol. The molecule has 0 saturated heterocycles. The van der Waals surface area contributed by atoms with Gasteiger partial charge in [0.1, 0.15) is 0 Å². The molecule has 0 bridgehead atoms. The molecule has 1 aliphatic rings. The van der Waals surface area contributed by atoms with Gasteiger partial charge in [0.25, 0.3) is 0 Å². The number of nitrogens with zero attached hydrogens (tertiary/aromatic N) is 2. The molecule has 5 heteroatoms. The zero-order chi connectivity index (χ0) is 21.1. The van der Waals surface area contributed by atoms with Crippen LogP contribution in [0.1, 0.15) is 23.1 Å². The monoisotopic (exact) mass is 406 g/mol. The van der Waals surface area contributed by atoms with Gasteiger partial charge >= 0.3 is 0 Å². The van der Waals surface area contributed by atoms with E-state index in [-0.39, 0.29) is 17.2 Å². The molecule has 1 aromatic heterocycles. The summed E-state index contributed by atoms with van der Waals surface area (Å²) in [6.07, 6.45) is 4.11. The van der Waals surface area contributed by atoms with E-state index in [1.54, 1.807) is 12.4 Å². The number of aromatic amines is 1. The van der Waals surface area contributed by atoms with Crippen LogP contribution >= 0.6 is 0 Å². The fraction of sp³-hybridized carbons (Fsp3) is 0.115. The first-order valence-corrected chi connectivity index (χ1v) is 10.3. The molecular formula is C26H22N4O. The van der Waals surface area contributed by atoms with Crippen LogP contribution in [0.2, 0.25) is 0 Å². The SMILES string of the molecule is O=C(NN=Cc1cn[nH]c1-c1ccccc1)C1CC1(c1ccccc1)c1ccccc1. The Kier molecular flexibility index (Phi) is 4.92. The second kappa shape index (κ2) is 8.03. The largest absolute Gasteiger partial charge is 0.277 e. The lowest BCUT2D eigenvalue weighted by atomic mass is 9.85. The van der Waals surface area contributed by atoms with Gasteiger partial charge in [-0.1, -0.05) is 91.0 Å². The number of hydrogen-bond acceptors (Lipinski definition) is 3. The van der Waals surface area contributed by atoms with Gasteiger partial charge in [0, 0.05) is 16.5 Å². The Morgan fingerprint density at radius 2 is 1.52 bits per heavy atom. The van der Waals surface area contributed by atoms with E-state index in [2.05, 4.69) is 45.0 Å². The predicted octanol–water partition coefficient (Wildman–Crippen LogP) is 4.53. The fourth-order valence-electron chi connectivity index (χ4n) is 4.33. The van der Waals surface area contributed by atoms with Crippen molar-refractivity contribution < 1.29 is 4.79 Å². The van der Waals surface area contributed by atoms with Gasteiger partial charge in [-0.25, -0.2) is 5.43 Å². The van der Waals surface area contributed by atoms with E-state index in [1.165, 1.54) is 0 Å². The summed E-state index contributed by atoms with van der Waals surface area (Å²) in [4.78, 5) is 13.0. The van der Waals surface area contributed by atoms with Crippen molar-refractivity contribution in [2.24, 2.45) is 11.0 Å². The highest BCUT2D eigenvalue weighted by Gasteiger charge is 2.60. The molecule has 4 aromatic rings. The third kappa shape index (κ3) is 3.55. The van der Waals surface area contributed by atoms with Crippen LogP contribution in [0.15, 0.2) is 102 Å². The van der Waals surface area contributed by atoms with Crippen molar-refractivity contribution in [1.82, 2.24) is 15.6 Å². The molecule has 1 atom stereocenters. The molecule has 5 nitrogen and oxygen atoms in total. The molecule has 1 amide bonds. The molecule has 2 N–H and O–H groups in total. The number of carbonyl (C=O) groups is 1. The van der Waals surface area contributed by atoms with E-state index in [0.29, 0.717) is 0 Å². The Morgan fingerprint density at radius 3 is 2.13 bits per heavy atom. The van der Waals surface area contributed by atoms with Gasteiger partial charge < -0.3 is 0 Å². The van der Waals surface area contributed by atoms with Gasteiger partial charge in [-0.05, 0) is 17.5 Å². The van der Waals surface area contributed by atoms with Crippen LogP contribution in [0.4, 0.5) is 0 Å². The van der Waals surface area contributed by atoms with Crippen LogP contribution in [0.3, 0.4) is 0 Å². The number of benzene rings is 3. The summed E-state index contributed by atoms with van der Waals surface area (Å²) in [5, 5.41) is 11.3. The Bertz CT molecular complexity index is 1160. The standard InChI is InChI=1S/C26H22N4O/c31-25(30-28-18-20-17-27-29-24(20)19-10-4-1-5-11-19)23-16-26(23,21-12-6-2-7-13-21)22-14-8-3-9-15-22/h1-15,17-18,23H,16H2,(H,27,29)(H,30,31). The summed E-state index contributed by atoms with van der Waals surface area (Å²) in [6.45, 7) is 0. The van der Waals surface area contributed by atoms with Crippen LogP contribution in [0.5, 0.6) is 0 Å². The van der Waals surface area contributed by atoms with Gasteiger partial charge in [-0.3, -0.25) is 9.89 Å². The van der Waals surface area contributed by atoms with Crippen molar-refractivity contribution in [3.05, 3.63) is 114 Å². The predicted molar refractivity (Wildman–Crippen MR) is 122 cm³/mol. The van der Waals surface area contributed by atoms with Gasteiger partial charge in [0.15, 0.2) is 0 Å². The first-order chi connectivity index (χ1) is 15.3. The van der Waals surface area contributed by atoms with Gasteiger partial charge in [0.05, 0.1) is 24.0 Å². The van der Waals surface area contributed by atoms with Crippen molar-refractivity contribution in [3.63, 3.8) is 0 Å². The lowest BCUT2D eigenvalue weighted by molar-refractivity contribution is -0.122. The first kappa shape index (κ1) is 19.0.